The molecule has 20 heavy (non-hydrogen) atoms. The van der Waals surface area contributed by atoms with E-state index in [4.69, 9.17) is 5.73 Å². The maximum Gasteiger partial charge on any atom is 0.241 e. The lowest BCUT2D eigenvalue weighted by molar-refractivity contribution is -0.118. The fourth-order valence-electron chi connectivity index (χ4n) is 1.92. The van der Waals surface area contributed by atoms with Crippen molar-refractivity contribution in [2.24, 2.45) is 11.7 Å². The lowest BCUT2D eigenvalue weighted by atomic mass is 9.99. The number of nitrogens with zero attached hydrogens (tertiary/aromatic N) is 2. The number of anilines is 1. The van der Waals surface area contributed by atoms with Crippen molar-refractivity contribution in [2.45, 2.75) is 26.3 Å². The van der Waals surface area contributed by atoms with Crippen molar-refractivity contribution in [3.63, 3.8) is 0 Å². The van der Waals surface area contributed by atoms with Crippen molar-refractivity contribution >= 4 is 11.6 Å². The van der Waals surface area contributed by atoms with Crippen LogP contribution in [-0.2, 0) is 4.79 Å². The van der Waals surface area contributed by atoms with Crippen LogP contribution in [0.4, 0.5) is 5.69 Å². The summed E-state index contributed by atoms with van der Waals surface area (Å²) in [6, 6.07) is 8.85. The molecule has 0 fully saturated rings. The van der Waals surface area contributed by atoms with Gasteiger partial charge < -0.3 is 11.1 Å². The van der Waals surface area contributed by atoms with Crippen LogP contribution in [0.15, 0.2) is 42.7 Å². The second-order valence-electron chi connectivity index (χ2n) is 4.87. The molecule has 1 aromatic carbocycles. The molecule has 0 aliphatic carbocycles. The molecule has 106 valence electrons. The summed E-state index contributed by atoms with van der Waals surface area (Å²) < 4.78 is 1.71. The molecule has 2 unspecified atom stereocenters. The number of aromatic nitrogens is 2. The van der Waals surface area contributed by atoms with Crippen LogP contribution in [0.25, 0.3) is 5.69 Å². The van der Waals surface area contributed by atoms with Gasteiger partial charge in [0.25, 0.3) is 0 Å². The summed E-state index contributed by atoms with van der Waals surface area (Å²) in [6.07, 6.45) is 4.40. The van der Waals surface area contributed by atoms with Crippen molar-refractivity contribution in [3.05, 3.63) is 42.7 Å². The normalized spacial score (nSPS) is 13.8. The highest BCUT2D eigenvalue weighted by atomic mass is 16.2. The van der Waals surface area contributed by atoms with Crippen LogP contribution in [0.2, 0.25) is 0 Å². The Balaban J connectivity index is 2.20. The Hall–Kier alpha value is -2.14. The van der Waals surface area contributed by atoms with Crippen molar-refractivity contribution in [3.8, 4) is 5.69 Å². The number of hydrogen-bond acceptors (Lipinski definition) is 3. The Morgan fingerprint density at radius 3 is 2.80 bits per heavy atom. The molecule has 1 amide bonds. The first-order chi connectivity index (χ1) is 9.63. The lowest BCUT2D eigenvalue weighted by Gasteiger charge is -2.19. The van der Waals surface area contributed by atoms with Crippen LogP contribution in [-0.4, -0.2) is 21.7 Å². The van der Waals surface area contributed by atoms with Gasteiger partial charge in [-0.25, -0.2) is 4.68 Å². The predicted molar refractivity (Wildman–Crippen MR) is 79.6 cm³/mol. The van der Waals surface area contributed by atoms with Crippen LogP contribution < -0.4 is 11.1 Å². The van der Waals surface area contributed by atoms with E-state index in [2.05, 4.69) is 10.4 Å². The minimum atomic E-state index is -0.509. The van der Waals surface area contributed by atoms with Gasteiger partial charge in [0.2, 0.25) is 5.91 Å². The summed E-state index contributed by atoms with van der Waals surface area (Å²) in [5.74, 6) is -0.0224. The van der Waals surface area contributed by atoms with Crippen LogP contribution in [0.3, 0.4) is 0 Å². The van der Waals surface area contributed by atoms with E-state index in [9.17, 15) is 4.79 Å². The first-order valence-corrected chi connectivity index (χ1v) is 6.79. The Labute approximate surface area is 118 Å². The molecule has 1 aromatic heterocycles. The van der Waals surface area contributed by atoms with Crippen molar-refractivity contribution in [2.75, 3.05) is 5.32 Å². The van der Waals surface area contributed by atoms with Gasteiger partial charge in [-0.1, -0.05) is 32.4 Å². The summed E-state index contributed by atoms with van der Waals surface area (Å²) in [6.45, 7) is 4.00. The molecule has 2 atom stereocenters. The van der Waals surface area contributed by atoms with Gasteiger partial charge in [0.15, 0.2) is 0 Å². The van der Waals surface area contributed by atoms with E-state index in [-0.39, 0.29) is 11.8 Å². The smallest absolute Gasteiger partial charge is 0.241 e. The summed E-state index contributed by atoms with van der Waals surface area (Å²) in [5.41, 5.74) is 7.48. The Bertz CT molecular complexity index is 565. The third-order valence-electron chi connectivity index (χ3n) is 3.47. The molecule has 2 aromatic rings. The number of nitrogens with two attached hydrogens (primary N) is 1. The van der Waals surface area contributed by atoms with Gasteiger partial charge in [-0.3, -0.25) is 4.79 Å². The Kier molecular flexibility index (Phi) is 4.53. The van der Waals surface area contributed by atoms with Crippen LogP contribution in [0.5, 0.6) is 0 Å². The Morgan fingerprint density at radius 1 is 1.40 bits per heavy atom. The van der Waals surface area contributed by atoms with E-state index < -0.39 is 6.04 Å². The van der Waals surface area contributed by atoms with Crippen LogP contribution in [0, 0.1) is 5.92 Å². The van der Waals surface area contributed by atoms with Gasteiger partial charge >= 0.3 is 0 Å². The number of benzene rings is 1. The molecule has 0 saturated carbocycles. The molecule has 2 rings (SSSR count). The molecule has 0 bridgehead atoms. The molecule has 3 N–H and O–H groups in total. The molecule has 1 heterocycles. The average Bonchev–Trinajstić information content (AvgIpc) is 3.00. The fourth-order valence-corrected chi connectivity index (χ4v) is 1.92. The third-order valence-corrected chi connectivity index (χ3v) is 3.47. The maximum atomic E-state index is 12.2. The zero-order valence-corrected chi connectivity index (χ0v) is 11.8. The minimum Gasteiger partial charge on any atom is -0.323 e. The largest absolute Gasteiger partial charge is 0.323 e. The number of para-hydroxylation sites is 2. The van der Waals surface area contributed by atoms with E-state index in [0.29, 0.717) is 5.69 Å². The van der Waals surface area contributed by atoms with E-state index in [1.54, 1.807) is 10.9 Å². The molecule has 5 heteroatoms. The first kappa shape index (κ1) is 14.3. The van der Waals surface area contributed by atoms with Gasteiger partial charge in [0.05, 0.1) is 17.4 Å². The molecule has 5 nitrogen and oxygen atoms in total. The summed E-state index contributed by atoms with van der Waals surface area (Å²) in [5, 5.41) is 7.07. The quantitative estimate of drug-likeness (QED) is 0.876. The minimum absolute atomic E-state index is 0.145. The number of amides is 1. The highest BCUT2D eigenvalue weighted by Gasteiger charge is 2.20. The van der Waals surface area contributed by atoms with E-state index in [0.717, 1.165) is 12.1 Å². The van der Waals surface area contributed by atoms with Crippen LogP contribution >= 0.6 is 0 Å². The topological polar surface area (TPSA) is 72.9 Å². The SMILES string of the molecule is CCC(C)C(N)C(=O)Nc1ccccc1-n1cccn1. The number of carbonyl (C=O) groups excluding carboxylic acids is 1. The zero-order valence-electron chi connectivity index (χ0n) is 11.8. The van der Waals surface area contributed by atoms with Gasteiger partial charge in [-0.15, -0.1) is 0 Å². The fraction of sp³-hybridized carbons (Fsp3) is 0.333. The van der Waals surface area contributed by atoms with Gasteiger partial charge in [0.1, 0.15) is 0 Å². The predicted octanol–water partition coefficient (Wildman–Crippen LogP) is 2.18. The number of hydrogen-bond donors (Lipinski definition) is 2. The van der Waals surface area contributed by atoms with Crippen molar-refractivity contribution < 1.29 is 4.79 Å². The molecule has 0 radical (unpaired) electrons. The lowest BCUT2D eigenvalue weighted by Crippen LogP contribution is -2.40. The summed E-state index contributed by atoms with van der Waals surface area (Å²) in [7, 11) is 0. The van der Waals surface area contributed by atoms with E-state index >= 15 is 0 Å². The molecular weight excluding hydrogens is 252 g/mol. The zero-order chi connectivity index (χ0) is 14.5. The Morgan fingerprint density at radius 2 is 2.15 bits per heavy atom. The van der Waals surface area contributed by atoms with Crippen LogP contribution in [0.1, 0.15) is 20.3 Å². The molecule has 0 aliphatic heterocycles. The first-order valence-electron chi connectivity index (χ1n) is 6.79. The maximum absolute atomic E-state index is 12.2. The second-order valence-corrected chi connectivity index (χ2v) is 4.87. The van der Waals surface area contributed by atoms with Gasteiger partial charge in [-0.05, 0) is 24.1 Å². The molecule has 0 aliphatic rings. The van der Waals surface area contributed by atoms with E-state index in [1.165, 1.54) is 0 Å². The standard InChI is InChI=1S/C15H20N4O/c1-3-11(2)14(16)15(20)18-12-7-4-5-8-13(12)19-10-6-9-17-19/h4-11,14H,3,16H2,1-2H3,(H,18,20). The molecule has 0 spiro atoms. The van der Waals surface area contributed by atoms with Crippen molar-refractivity contribution in [1.29, 1.82) is 0 Å². The monoisotopic (exact) mass is 272 g/mol. The highest BCUT2D eigenvalue weighted by Crippen LogP contribution is 2.19. The number of rotatable bonds is 5. The molecular formula is C15H20N4O. The van der Waals surface area contributed by atoms with E-state index in [1.807, 2.05) is 50.4 Å². The van der Waals surface area contributed by atoms with Gasteiger partial charge in [0, 0.05) is 12.4 Å². The number of nitrogens with one attached hydrogen (secondary N) is 1. The summed E-state index contributed by atoms with van der Waals surface area (Å²) in [4.78, 5) is 12.2. The second kappa shape index (κ2) is 6.34. The number of carbonyl (C=O) groups is 1. The summed E-state index contributed by atoms with van der Waals surface area (Å²) >= 11 is 0. The van der Waals surface area contributed by atoms with Gasteiger partial charge in [-0.2, -0.15) is 5.10 Å². The average molecular weight is 272 g/mol. The third kappa shape index (κ3) is 3.05. The molecule has 0 saturated heterocycles. The van der Waals surface area contributed by atoms with Crippen molar-refractivity contribution in [1.82, 2.24) is 9.78 Å². The highest BCUT2D eigenvalue weighted by molar-refractivity contribution is 5.96.